The van der Waals surface area contributed by atoms with Crippen molar-refractivity contribution < 1.29 is 14.3 Å². The fourth-order valence-electron chi connectivity index (χ4n) is 1.37. The van der Waals surface area contributed by atoms with Crippen molar-refractivity contribution in [2.24, 2.45) is 10.8 Å². The first-order valence-corrected chi connectivity index (χ1v) is 6.35. The normalized spacial score (nSPS) is 11.0. The highest BCUT2D eigenvalue weighted by Crippen LogP contribution is 2.14. The number of carbonyl (C=O) groups is 2. The van der Waals surface area contributed by atoms with Crippen LogP contribution < -0.4 is 11.2 Å². The number of halogens is 1. The lowest BCUT2D eigenvalue weighted by molar-refractivity contribution is -0.140. The zero-order chi connectivity index (χ0) is 15.0. The van der Waals surface area contributed by atoms with Crippen LogP contribution in [0.5, 0.6) is 0 Å². The van der Waals surface area contributed by atoms with Crippen molar-refractivity contribution >= 4 is 34.9 Å². The molecular weight excluding hydrogens is 282 g/mol. The molecule has 0 heterocycles. The summed E-state index contributed by atoms with van der Waals surface area (Å²) in [6.45, 7) is 0. The third-order valence-corrected chi connectivity index (χ3v) is 2.66. The molecule has 1 rings (SSSR count). The Bertz CT molecular complexity index is 517. The van der Waals surface area contributed by atoms with Crippen molar-refractivity contribution in [3.05, 3.63) is 29.3 Å². The second kappa shape index (κ2) is 8.16. The van der Waals surface area contributed by atoms with E-state index >= 15 is 0 Å². The lowest BCUT2D eigenvalue weighted by Gasteiger charge is -2.03. The number of hydrogen-bond acceptors (Lipinski definition) is 5. The largest absolute Gasteiger partial charge is 0.469 e. The number of amidine groups is 1. The highest BCUT2D eigenvalue weighted by molar-refractivity contribution is 6.38. The molecule has 0 radical (unpaired) electrons. The molecule has 20 heavy (non-hydrogen) atoms. The van der Waals surface area contributed by atoms with Crippen LogP contribution >= 0.6 is 11.6 Å². The number of esters is 1. The van der Waals surface area contributed by atoms with Gasteiger partial charge in [0.15, 0.2) is 11.6 Å². The van der Waals surface area contributed by atoms with Crippen molar-refractivity contribution in [3.8, 4) is 0 Å². The molecule has 1 aromatic carbocycles. The van der Waals surface area contributed by atoms with Crippen LogP contribution in [0, 0.1) is 0 Å². The second-order valence-electron chi connectivity index (χ2n) is 3.97. The molecule has 0 aliphatic heterocycles. The number of hydrogen-bond donors (Lipinski definition) is 2. The number of Topliss-reactive ketones (excluding diaryl/α,β-unsaturated/α-hetero) is 1. The number of carbonyl (C=O) groups excluding carboxylic acids is 2. The third kappa shape index (κ3) is 5.71. The summed E-state index contributed by atoms with van der Waals surface area (Å²) in [6.07, 6.45) is 0.692. The Morgan fingerprint density at radius 2 is 2.15 bits per heavy atom. The summed E-state index contributed by atoms with van der Waals surface area (Å²) in [6, 6.07) is 6.86. The predicted molar refractivity (Wildman–Crippen MR) is 77.6 cm³/mol. The van der Waals surface area contributed by atoms with Gasteiger partial charge in [0.2, 0.25) is 0 Å². The van der Waals surface area contributed by atoms with Crippen LogP contribution in [0.1, 0.15) is 19.3 Å². The predicted octanol–water partition coefficient (Wildman–Crippen LogP) is 1.94. The molecule has 108 valence electrons. The van der Waals surface area contributed by atoms with Gasteiger partial charge in [-0.3, -0.25) is 15.0 Å². The van der Waals surface area contributed by atoms with Crippen LogP contribution in [0.4, 0.5) is 5.69 Å². The first-order chi connectivity index (χ1) is 9.52. The molecule has 0 aliphatic rings. The number of nitrogens with one attached hydrogen (secondary N) is 1. The molecule has 0 aromatic heterocycles. The lowest BCUT2D eigenvalue weighted by atomic mass is 10.1. The van der Waals surface area contributed by atoms with Gasteiger partial charge in [0.25, 0.3) is 0 Å². The van der Waals surface area contributed by atoms with Gasteiger partial charge in [-0.05, 0) is 24.6 Å². The number of ketones is 1. The molecule has 1 aromatic rings. The summed E-state index contributed by atoms with van der Waals surface area (Å²) in [7, 11) is 1.30. The quantitative estimate of drug-likeness (QED) is 0.347. The van der Waals surface area contributed by atoms with Gasteiger partial charge >= 0.3 is 5.97 Å². The van der Waals surface area contributed by atoms with Gasteiger partial charge in [0.1, 0.15) is 0 Å². The molecule has 0 atom stereocenters. The topological polar surface area (TPSA) is 93.8 Å². The van der Waals surface area contributed by atoms with Crippen molar-refractivity contribution in [1.82, 2.24) is 0 Å². The smallest absolute Gasteiger partial charge is 0.305 e. The van der Waals surface area contributed by atoms with Gasteiger partial charge in [-0.2, -0.15) is 5.10 Å². The Balaban J connectivity index is 2.44. The van der Waals surface area contributed by atoms with E-state index in [9.17, 15) is 9.59 Å². The average Bonchev–Trinajstić information content (AvgIpc) is 2.44. The van der Waals surface area contributed by atoms with Crippen molar-refractivity contribution in [2.75, 3.05) is 12.5 Å². The molecule has 0 aliphatic carbocycles. The molecule has 0 saturated heterocycles. The minimum absolute atomic E-state index is 0.141. The number of nitrogens with two attached hydrogens (primary N) is 1. The van der Waals surface area contributed by atoms with E-state index in [4.69, 9.17) is 17.3 Å². The van der Waals surface area contributed by atoms with Crippen molar-refractivity contribution in [3.63, 3.8) is 0 Å². The zero-order valence-corrected chi connectivity index (χ0v) is 11.8. The monoisotopic (exact) mass is 297 g/mol. The number of methoxy groups -OCH3 is 1. The second-order valence-corrected chi connectivity index (χ2v) is 4.41. The molecule has 0 bridgehead atoms. The number of rotatable bonds is 7. The molecule has 6 nitrogen and oxygen atoms in total. The summed E-state index contributed by atoms with van der Waals surface area (Å²) in [5.41, 5.74) is 8.81. The van der Waals surface area contributed by atoms with Crippen molar-refractivity contribution in [2.45, 2.75) is 19.3 Å². The third-order valence-electron chi connectivity index (χ3n) is 2.43. The van der Waals surface area contributed by atoms with E-state index in [1.54, 1.807) is 24.3 Å². The molecule has 0 saturated carbocycles. The van der Waals surface area contributed by atoms with Crippen LogP contribution in [0.2, 0.25) is 5.02 Å². The number of nitrogens with zero attached hydrogens (tertiary/aromatic N) is 1. The maximum atomic E-state index is 11.6. The Hall–Kier alpha value is -2.08. The van der Waals surface area contributed by atoms with E-state index in [2.05, 4.69) is 15.3 Å². The lowest BCUT2D eigenvalue weighted by Crippen LogP contribution is -2.25. The summed E-state index contributed by atoms with van der Waals surface area (Å²) in [5, 5.41) is 4.32. The van der Waals surface area contributed by atoms with Crippen LogP contribution in [0.3, 0.4) is 0 Å². The fourth-order valence-corrected chi connectivity index (χ4v) is 1.56. The number of anilines is 1. The molecule has 0 spiro atoms. The van der Waals surface area contributed by atoms with Gasteiger partial charge in [0.05, 0.1) is 12.8 Å². The first-order valence-electron chi connectivity index (χ1n) is 5.97. The van der Waals surface area contributed by atoms with E-state index in [1.807, 2.05) is 0 Å². The van der Waals surface area contributed by atoms with Gasteiger partial charge in [-0.1, -0.05) is 17.7 Å². The summed E-state index contributed by atoms with van der Waals surface area (Å²) in [5.74, 6) is -0.830. The minimum Gasteiger partial charge on any atom is -0.469 e. The fraction of sp³-hybridized carbons (Fsp3) is 0.308. The van der Waals surface area contributed by atoms with E-state index in [0.29, 0.717) is 17.1 Å². The summed E-state index contributed by atoms with van der Waals surface area (Å²) in [4.78, 5) is 22.5. The zero-order valence-electron chi connectivity index (χ0n) is 11.1. The van der Waals surface area contributed by atoms with E-state index in [1.165, 1.54) is 7.11 Å². The molecule has 0 fully saturated rings. The highest BCUT2D eigenvalue weighted by Gasteiger charge is 2.09. The van der Waals surface area contributed by atoms with Gasteiger partial charge in [-0.15, -0.1) is 0 Å². The van der Waals surface area contributed by atoms with Crippen LogP contribution in [-0.4, -0.2) is 24.7 Å². The van der Waals surface area contributed by atoms with Crippen LogP contribution in [-0.2, 0) is 14.3 Å². The minimum atomic E-state index is -0.356. The van der Waals surface area contributed by atoms with Gasteiger partial charge in [-0.25, -0.2) is 0 Å². The van der Waals surface area contributed by atoms with E-state index < -0.39 is 0 Å². The first kappa shape index (κ1) is 16.0. The van der Waals surface area contributed by atoms with E-state index in [-0.39, 0.29) is 30.4 Å². The molecule has 0 unspecified atom stereocenters. The summed E-state index contributed by atoms with van der Waals surface area (Å²) >= 11 is 5.80. The maximum Gasteiger partial charge on any atom is 0.305 e. The van der Waals surface area contributed by atoms with Gasteiger partial charge in [0, 0.05) is 17.9 Å². The van der Waals surface area contributed by atoms with Crippen molar-refractivity contribution in [1.29, 1.82) is 0 Å². The average molecular weight is 298 g/mol. The highest BCUT2D eigenvalue weighted by atomic mass is 35.5. The van der Waals surface area contributed by atoms with Crippen LogP contribution in [0.15, 0.2) is 29.4 Å². The Morgan fingerprint density at radius 1 is 1.40 bits per heavy atom. The molecule has 3 N–H and O–H groups in total. The summed E-state index contributed by atoms with van der Waals surface area (Å²) < 4.78 is 4.47. The Labute approximate surface area is 121 Å². The Kier molecular flexibility index (Phi) is 6.52. The standard InChI is InChI=1S/C13H16ClN3O3/c1-20-12(19)7-3-6-11(18)13(15)17-16-10-5-2-4-9(14)8-10/h2,4-5,8,16H,3,6-7H2,1H3,(H2,15,17). The maximum absolute atomic E-state index is 11.6. The van der Waals surface area contributed by atoms with Crippen LogP contribution in [0.25, 0.3) is 0 Å². The van der Waals surface area contributed by atoms with Gasteiger partial charge < -0.3 is 10.5 Å². The van der Waals surface area contributed by atoms with E-state index in [0.717, 1.165) is 0 Å². The number of ether oxygens (including phenoxy) is 1. The number of hydrazone groups is 1. The number of benzene rings is 1. The molecule has 7 heteroatoms. The Morgan fingerprint density at radius 3 is 2.80 bits per heavy atom. The molecule has 0 amide bonds. The SMILES string of the molecule is COC(=O)CCCC(=O)/C(N)=N\Nc1cccc(Cl)c1. The molecular formula is C13H16ClN3O3.